The summed E-state index contributed by atoms with van der Waals surface area (Å²) in [5, 5.41) is 6.34. The second-order valence-corrected chi connectivity index (χ2v) is 7.68. The van der Waals surface area contributed by atoms with E-state index in [4.69, 9.17) is 11.1 Å². The molecule has 0 saturated carbocycles. The van der Waals surface area contributed by atoms with Crippen molar-refractivity contribution in [3.8, 4) is 0 Å². The maximum absolute atomic E-state index is 11.6. The van der Waals surface area contributed by atoms with E-state index in [1.807, 2.05) is 0 Å². The molecular weight excluding hydrogens is 522 g/mol. The molecule has 0 radical (unpaired) electrons. The summed E-state index contributed by atoms with van der Waals surface area (Å²) in [7, 11) is -10.9. The van der Waals surface area contributed by atoms with Crippen LogP contribution in [0.1, 0.15) is 11.1 Å². The van der Waals surface area contributed by atoms with Crippen LogP contribution in [0.25, 0.3) is 33.0 Å². The second kappa shape index (κ2) is 17.8. The normalized spacial score (nSPS) is 9.59. The number of nitrogens with zero attached hydrogens (tertiary/aromatic N) is 6. The summed E-state index contributed by atoms with van der Waals surface area (Å²) in [6, 6.07) is 7.86. The van der Waals surface area contributed by atoms with Gasteiger partial charge < -0.3 is 31.0 Å². The molecule has 0 spiro atoms. The number of hydrogen-bond acceptors (Lipinski definition) is 8. The maximum Gasteiger partial charge on any atom is 1.00 e. The van der Waals surface area contributed by atoms with Gasteiger partial charge in [-0.15, -0.1) is 0 Å². The van der Waals surface area contributed by atoms with Crippen molar-refractivity contribution < 1.29 is 107 Å². The average Bonchev–Trinajstić information content (AvgIpc) is 2.60. The van der Waals surface area contributed by atoms with Gasteiger partial charge in [-0.1, -0.05) is 58.8 Å². The first kappa shape index (κ1) is 42.6. The fourth-order valence-electron chi connectivity index (χ4n) is 2.21. The molecule has 0 aliphatic rings. The van der Waals surface area contributed by atoms with E-state index in [0.717, 1.165) is 18.2 Å². The Morgan fingerprint density at radius 1 is 0.706 bits per heavy atom. The molecule has 0 atom stereocenters. The number of azide groups is 2. The van der Waals surface area contributed by atoms with Crippen LogP contribution in [0.15, 0.2) is 56.4 Å². The van der Waals surface area contributed by atoms with Crippen LogP contribution in [0, 0.1) is 0 Å². The Bertz CT molecular complexity index is 1270. The Morgan fingerprint density at radius 3 is 1.59 bits per heavy atom. The van der Waals surface area contributed by atoms with Gasteiger partial charge in [-0.25, -0.2) is 16.8 Å². The standard InChI is InChI=1S/C14H10N6O6S2.2Na.4H2O/c15-19-17-11-6-2-9(3-7-11)1-4-10-5-8-12(18-20-16)14(28(24,25)26)13(10)27(21,22)23;;;;;;/h1-8H,(H,21,22,23)(H,24,25,26);;;4*1H2/q;2*+1;;;;/p-2. The van der Waals surface area contributed by atoms with Gasteiger partial charge in [0.05, 0.1) is 15.5 Å². The molecule has 2 rings (SSSR count). The molecule has 0 bridgehead atoms. The zero-order valence-corrected chi connectivity index (χ0v) is 23.2. The van der Waals surface area contributed by atoms with Gasteiger partial charge in [0.1, 0.15) is 20.2 Å². The average molecular weight is 538 g/mol. The molecule has 34 heavy (non-hydrogen) atoms. The van der Waals surface area contributed by atoms with Crippen molar-refractivity contribution in [1.29, 1.82) is 0 Å². The van der Waals surface area contributed by atoms with Gasteiger partial charge in [0.2, 0.25) is 0 Å². The van der Waals surface area contributed by atoms with Crippen LogP contribution in [-0.4, -0.2) is 47.8 Å². The third-order valence-electron chi connectivity index (χ3n) is 3.28. The summed E-state index contributed by atoms with van der Waals surface area (Å²) < 4.78 is 69.4. The summed E-state index contributed by atoms with van der Waals surface area (Å²) in [5.74, 6) is 0. The largest absolute Gasteiger partial charge is 1.00 e. The van der Waals surface area contributed by atoms with E-state index in [9.17, 15) is 25.9 Å². The Kier molecular flexibility index (Phi) is 22.3. The van der Waals surface area contributed by atoms with E-state index < -0.39 is 35.7 Å². The van der Waals surface area contributed by atoms with Gasteiger partial charge in [0.15, 0.2) is 0 Å². The topological polar surface area (TPSA) is 338 Å². The first-order valence-electron chi connectivity index (χ1n) is 7.05. The predicted octanol–water partition coefficient (Wildman–Crippen LogP) is -5.74. The minimum Gasteiger partial charge on any atom is -0.744 e. The van der Waals surface area contributed by atoms with E-state index in [0.29, 0.717) is 11.3 Å². The van der Waals surface area contributed by atoms with Gasteiger partial charge in [-0.05, 0) is 22.2 Å². The van der Waals surface area contributed by atoms with Crippen LogP contribution in [0.5, 0.6) is 0 Å². The molecule has 0 fully saturated rings. The van der Waals surface area contributed by atoms with Crippen LogP contribution in [-0.2, 0) is 20.2 Å². The van der Waals surface area contributed by atoms with Gasteiger partial charge in [0, 0.05) is 15.5 Å². The molecule has 176 valence electrons. The fraction of sp³-hybridized carbons (Fsp3) is 0. The minimum atomic E-state index is -5.46. The van der Waals surface area contributed by atoms with Crippen molar-refractivity contribution in [3.05, 3.63) is 68.4 Å². The molecule has 0 amide bonds. The van der Waals surface area contributed by atoms with Crippen molar-refractivity contribution in [1.82, 2.24) is 0 Å². The molecule has 0 aliphatic carbocycles. The zero-order valence-electron chi connectivity index (χ0n) is 17.6. The van der Waals surface area contributed by atoms with E-state index in [2.05, 4.69) is 20.1 Å². The Morgan fingerprint density at radius 2 is 1.18 bits per heavy atom. The molecule has 0 saturated heterocycles. The summed E-state index contributed by atoms with van der Waals surface area (Å²) in [6.07, 6.45) is 2.43. The Balaban J connectivity index is -0.000000467. The maximum atomic E-state index is 11.6. The third-order valence-corrected chi connectivity index (χ3v) is 5.27. The molecule has 20 heteroatoms. The van der Waals surface area contributed by atoms with E-state index in [-0.39, 0.29) is 86.6 Å². The second-order valence-electron chi connectivity index (χ2n) is 5.04. The summed E-state index contributed by atoms with van der Waals surface area (Å²) in [6.45, 7) is 0. The van der Waals surface area contributed by atoms with Gasteiger partial charge in [0.25, 0.3) is 0 Å². The molecule has 0 unspecified atom stereocenters. The minimum absolute atomic E-state index is 0. The zero-order chi connectivity index (χ0) is 20.9. The first-order chi connectivity index (χ1) is 13.1. The van der Waals surface area contributed by atoms with Gasteiger partial charge in [-0.3, -0.25) is 0 Å². The Hall–Kier alpha value is -1.54. The quantitative estimate of drug-likeness (QED) is 0.0859. The molecule has 2 aromatic carbocycles. The van der Waals surface area contributed by atoms with Gasteiger partial charge in [-0.2, -0.15) is 0 Å². The smallest absolute Gasteiger partial charge is 0.744 e. The van der Waals surface area contributed by atoms with E-state index in [1.54, 1.807) is 0 Å². The molecule has 0 heterocycles. The molecular formula is C14H16N6Na2O10S2. The number of hydrogen-bond donors (Lipinski definition) is 0. The molecule has 0 aliphatic heterocycles. The van der Waals surface area contributed by atoms with Crippen molar-refractivity contribution in [2.45, 2.75) is 9.79 Å². The summed E-state index contributed by atoms with van der Waals surface area (Å²) in [4.78, 5) is 2.20. The predicted molar refractivity (Wildman–Crippen MR) is 110 cm³/mol. The number of benzene rings is 2. The van der Waals surface area contributed by atoms with Crippen LogP contribution in [0.3, 0.4) is 0 Å². The molecule has 2 aromatic rings. The van der Waals surface area contributed by atoms with Crippen molar-refractivity contribution in [2.75, 3.05) is 0 Å². The van der Waals surface area contributed by atoms with E-state index >= 15 is 0 Å². The van der Waals surface area contributed by atoms with Crippen LogP contribution < -0.4 is 59.1 Å². The van der Waals surface area contributed by atoms with Crippen LogP contribution in [0.2, 0.25) is 0 Å². The SMILES string of the molecule is O.O.O.O.[N-]=[N+]=Nc1ccc(C=Cc2ccc(N=[N+]=[N-])c(S(=O)(=O)[O-])c2S(=O)(=O)[O-])cc1.[Na+].[Na+]. The van der Waals surface area contributed by atoms with Crippen molar-refractivity contribution >= 4 is 43.8 Å². The van der Waals surface area contributed by atoms with Crippen LogP contribution in [0.4, 0.5) is 11.4 Å². The summed E-state index contributed by atoms with van der Waals surface area (Å²) >= 11 is 0. The van der Waals surface area contributed by atoms with Gasteiger partial charge >= 0.3 is 59.1 Å². The summed E-state index contributed by atoms with van der Waals surface area (Å²) in [5.41, 5.74) is 16.4. The monoisotopic (exact) mass is 538 g/mol. The fourth-order valence-corrected chi connectivity index (χ4v) is 4.29. The van der Waals surface area contributed by atoms with E-state index in [1.165, 1.54) is 30.3 Å². The van der Waals surface area contributed by atoms with Crippen molar-refractivity contribution in [2.24, 2.45) is 10.2 Å². The number of rotatable bonds is 6. The Labute approximate surface area is 237 Å². The third kappa shape index (κ3) is 11.3. The molecule has 0 aromatic heterocycles. The first-order valence-corrected chi connectivity index (χ1v) is 9.86. The molecule has 16 nitrogen and oxygen atoms in total. The molecule has 8 N–H and O–H groups in total. The van der Waals surface area contributed by atoms with Crippen LogP contribution >= 0.6 is 0 Å². The van der Waals surface area contributed by atoms with Crippen molar-refractivity contribution in [3.63, 3.8) is 0 Å².